The zero-order valence-electron chi connectivity index (χ0n) is 11.3. The molecule has 0 aliphatic carbocycles. The van der Waals surface area contributed by atoms with Gasteiger partial charge in [-0.25, -0.2) is 9.89 Å². The number of hydrogen-bond acceptors (Lipinski definition) is 4. The lowest BCUT2D eigenvalue weighted by molar-refractivity contribution is 0.198. The molecule has 0 saturated carbocycles. The number of aromatic nitrogens is 3. The van der Waals surface area contributed by atoms with Gasteiger partial charge in [0.25, 0.3) is 0 Å². The summed E-state index contributed by atoms with van der Waals surface area (Å²) in [5.74, 6) is 0. The van der Waals surface area contributed by atoms with Crippen LogP contribution in [0.2, 0.25) is 0 Å². The van der Waals surface area contributed by atoms with Gasteiger partial charge in [0, 0.05) is 15.9 Å². The topological polar surface area (TPSA) is 70.9 Å². The smallest absolute Gasteiger partial charge is 0.343 e. The average Bonchev–Trinajstić information content (AvgIpc) is 2.72. The number of halogens is 1. The second kappa shape index (κ2) is 6.60. The van der Waals surface area contributed by atoms with Crippen LogP contribution in [-0.4, -0.2) is 19.9 Å². The molecule has 0 saturated heterocycles. The first kappa shape index (κ1) is 15.3. The van der Waals surface area contributed by atoms with Gasteiger partial charge in [-0.05, 0) is 42.8 Å². The van der Waals surface area contributed by atoms with E-state index in [9.17, 15) is 9.90 Å². The maximum Gasteiger partial charge on any atom is 0.343 e. The molecule has 1 unspecified atom stereocenters. The molecule has 0 fully saturated rings. The summed E-state index contributed by atoms with van der Waals surface area (Å²) in [5, 5.41) is 16.8. The lowest BCUT2D eigenvalue weighted by atomic mass is 10.1. The molecule has 2 aromatic rings. The Morgan fingerprint density at radius 2 is 2.30 bits per heavy atom. The van der Waals surface area contributed by atoms with Crippen LogP contribution in [0.15, 0.2) is 37.5 Å². The lowest BCUT2D eigenvalue weighted by Crippen LogP contribution is -2.17. The first-order chi connectivity index (χ1) is 9.52. The maximum atomic E-state index is 11.6. The number of nitrogens with one attached hydrogen (secondary N) is 1. The number of aliphatic hydroxyl groups is 1. The van der Waals surface area contributed by atoms with Crippen molar-refractivity contribution >= 4 is 27.7 Å². The number of H-pyrrole nitrogens is 1. The van der Waals surface area contributed by atoms with Gasteiger partial charge in [-0.15, -0.1) is 5.10 Å². The summed E-state index contributed by atoms with van der Waals surface area (Å²) in [6.45, 7) is 4.38. The van der Waals surface area contributed by atoms with E-state index in [-0.39, 0.29) is 5.69 Å². The van der Waals surface area contributed by atoms with Gasteiger partial charge in [-0.1, -0.05) is 28.9 Å². The highest BCUT2D eigenvalue weighted by molar-refractivity contribution is 9.10. The maximum absolute atomic E-state index is 11.6. The molecule has 7 heteroatoms. The second-order valence-corrected chi connectivity index (χ2v) is 6.32. The van der Waals surface area contributed by atoms with E-state index in [1.54, 1.807) is 11.5 Å². The van der Waals surface area contributed by atoms with Crippen molar-refractivity contribution in [2.45, 2.75) is 43.0 Å². The van der Waals surface area contributed by atoms with Gasteiger partial charge in [0.1, 0.15) is 0 Å². The molecule has 1 atom stereocenters. The fourth-order valence-electron chi connectivity index (χ4n) is 1.82. The SMILES string of the molecule is CCCn1c(Sc2ccc(C(C)O)c(Br)c2)n[nH]c1=O. The molecule has 108 valence electrons. The normalized spacial score (nSPS) is 12.6. The van der Waals surface area contributed by atoms with Gasteiger partial charge in [-0.2, -0.15) is 0 Å². The van der Waals surface area contributed by atoms with Gasteiger partial charge in [-0.3, -0.25) is 4.57 Å². The lowest BCUT2D eigenvalue weighted by Gasteiger charge is -2.09. The minimum atomic E-state index is -0.521. The molecule has 0 aliphatic heterocycles. The van der Waals surface area contributed by atoms with Crippen molar-refractivity contribution in [3.8, 4) is 0 Å². The Hall–Kier alpha value is -1.05. The average molecular weight is 358 g/mol. The summed E-state index contributed by atoms with van der Waals surface area (Å²) in [4.78, 5) is 12.6. The van der Waals surface area contributed by atoms with E-state index >= 15 is 0 Å². The monoisotopic (exact) mass is 357 g/mol. The number of aromatic amines is 1. The first-order valence-corrected chi connectivity index (χ1v) is 7.94. The van der Waals surface area contributed by atoms with Crippen molar-refractivity contribution < 1.29 is 5.11 Å². The number of hydrogen-bond donors (Lipinski definition) is 2. The number of nitrogens with zero attached hydrogens (tertiary/aromatic N) is 2. The molecule has 0 amide bonds. The van der Waals surface area contributed by atoms with Gasteiger partial charge >= 0.3 is 5.69 Å². The minimum absolute atomic E-state index is 0.186. The Balaban J connectivity index is 2.27. The van der Waals surface area contributed by atoms with Crippen LogP contribution in [0.5, 0.6) is 0 Å². The highest BCUT2D eigenvalue weighted by Gasteiger charge is 2.11. The van der Waals surface area contributed by atoms with Crippen LogP contribution in [-0.2, 0) is 6.54 Å². The standard InChI is InChI=1S/C13H16BrN3O2S/c1-3-6-17-12(19)15-16-13(17)20-9-4-5-10(8(2)18)11(14)7-9/h4-5,7-8,18H,3,6H2,1-2H3,(H,15,19). The Morgan fingerprint density at radius 3 is 2.90 bits per heavy atom. The molecule has 1 heterocycles. The highest BCUT2D eigenvalue weighted by atomic mass is 79.9. The number of aliphatic hydroxyl groups excluding tert-OH is 1. The van der Waals surface area contributed by atoms with Crippen molar-refractivity contribution in [3.05, 3.63) is 38.7 Å². The van der Waals surface area contributed by atoms with Crippen LogP contribution in [0, 0.1) is 0 Å². The zero-order valence-corrected chi connectivity index (χ0v) is 13.7. The first-order valence-electron chi connectivity index (χ1n) is 6.33. The summed E-state index contributed by atoms with van der Waals surface area (Å²) in [6.07, 6.45) is 0.351. The van der Waals surface area contributed by atoms with Gasteiger partial charge < -0.3 is 5.11 Å². The summed E-state index contributed by atoms with van der Waals surface area (Å²) >= 11 is 4.86. The molecule has 2 N–H and O–H groups in total. The van der Waals surface area contributed by atoms with Crippen molar-refractivity contribution in [1.29, 1.82) is 0 Å². The van der Waals surface area contributed by atoms with Gasteiger partial charge in [0.15, 0.2) is 5.16 Å². The third-order valence-corrected chi connectivity index (χ3v) is 4.47. The second-order valence-electron chi connectivity index (χ2n) is 4.42. The van der Waals surface area contributed by atoms with Crippen LogP contribution in [0.1, 0.15) is 31.9 Å². The number of benzene rings is 1. The molecule has 1 aromatic heterocycles. The summed E-state index contributed by atoms with van der Waals surface area (Å²) in [7, 11) is 0. The van der Waals surface area contributed by atoms with E-state index < -0.39 is 6.10 Å². The predicted octanol–water partition coefficient (Wildman–Crippen LogP) is 2.95. The molecule has 20 heavy (non-hydrogen) atoms. The summed E-state index contributed by atoms with van der Waals surface area (Å²) < 4.78 is 2.47. The number of rotatable bonds is 5. The Bertz CT molecular complexity index is 651. The third kappa shape index (κ3) is 3.34. The fraction of sp³-hybridized carbons (Fsp3) is 0.385. The van der Waals surface area contributed by atoms with Crippen LogP contribution >= 0.6 is 27.7 Å². The molecule has 0 bridgehead atoms. The van der Waals surface area contributed by atoms with Crippen LogP contribution in [0.25, 0.3) is 0 Å². The molecular formula is C13H16BrN3O2S. The molecule has 0 spiro atoms. The molecule has 0 aliphatic rings. The van der Waals surface area contributed by atoms with Crippen LogP contribution < -0.4 is 5.69 Å². The molecular weight excluding hydrogens is 342 g/mol. The fourth-order valence-corrected chi connectivity index (χ4v) is 3.58. The zero-order chi connectivity index (χ0) is 14.7. The van der Waals surface area contributed by atoms with E-state index in [0.717, 1.165) is 21.4 Å². The predicted molar refractivity (Wildman–Crippen MR) is 82.0 cm³/mol. The Kier molecular flexibility index (Phi) is 5.06. The molecule has 2 rings (SSSR count). The minimum Gasteiger partial charge on any atom is -0.389 e. The Morgan fingerprint density at radius 1 is 1.55 bits per heavy atom. The summed E-state index contributed by atoms with van der Waals surface area (Å²) in [5.41, 5.74) is 0.649. The largest absolute Gasteiger partial charge is 0.389 e. The van der Waals surface area contributed by atoms with Crippen molar-refractivity contribution in [1.82, 2.24) is 14.8 Å². The van der Waals surface area contributed by atoms with Crippen LogP contribution in [0.3, 0.4) is 0 Å². The third-order valence-electron chi connectivity index (χ3n) is 2.80. The van der Waals surface area contributed by atoms with E-state index in [0.29, 0.717) is 11.7 Å². The van der Waals surface area contributed by atoms with E-state index in [4.69, 9.17) is 0 Å². The van der Waals surface area contributed by atoms with E-state index in [1.165, 1.54) is 11.8 Å². The van der Waals surface area contributed by atoms with Crippen molar-refractivity contribution in [2.24, 2.45) is 0 Å². The highest BCUT2D eigenvalue weighted by Crippen LogP contribution is 2.31. The van der Waals surface area contributed by atoms with Crippen LogP contribution in [0.4, 0.5) is 0 Å². The van der Waals surface area contributed by atoms with Crippen molar-refractivity contribution in [2.75, 3.05) is 0 Å². The molecule has 5 nitrogen and oxygen atoms in total. The Labute approximate surface area is 129 Å². The summed E-state index contributed by atoms with van der Waals surface area (Å²) in [6, 6.07) is 5.70. The van der Waals surface area contributed by atoms with Crippen molar-refractivity contribution in [3.63, 3.8) is 0 Å². The molecule has 0 radical (unpaired) electrons. The van der Waals surface area contributed by atoms with Gasteiger partial charge in [0.2, 0.25) is 0 Å². The van der Waals surface area contributed by atoms with E-state index in [1.807, 2.05) is 25.1 Å². The quantitative estimate of drug-likeness (QED) is 0.862. The van der Waals surface area contributed by atoms with Gasteiger partial charge in [0.05, 0.1) is 6.10 Å². The van der Waals surface area contributed by atoms with E-state index in [2.05, 4.69) is 26.1 Å². The molecule has 1 aromatic carbocycles.